The number of halogens is 4. The lowest BCUT2D eigenvalue weighted by Crippen LogP contribution is -2.15. The molecule has 0 unspecified atom stereocenters. The predicted octanol–water partition coefficient (Wildman–Crippen LogP) is 5.22. The second kappa shape index (κ2) is 7.53. The summed E-state index contributed by atoms with van der Waals surface area (Å²) in [6.07, 6.45) is -0.227. The van der Waals surface area contributed by atoms with Gasteiger partial charge in [0.05, 0.1) is 11.3 Å². The molecular weight excluding hydrogens is 342 g/mol. The average Bonchev–Trinajstić information content (AvgIpc) is 2.54. The van der Waals surface area contributed by atoms with Crippen LogP contribution in [0.4, 0.5) is 23.2 Å². The zero-order valence-corrected chi connectivity index (χ0v) is 13.3. The van der Waals surface area contributed by atoms with Crippen molar-refractivity contribution >= 4 is 29.4 Å². The van der Waals surface area contributed by atoms with Crippen molar-refractivity contribution < 1.29 is 22.4 Å². The van der Waals surface area contributed by atoms with Crippen LogP contribution < -0.4 is 5.32 Å². The topological polar surface area (TPSA) is 29.1 Å². The van der Waals surface area contributed by atoms with Gasteiger partial charge in [-0.15, -0.1) is 11.8 Å². The fraction of sp³-hybridized carbons (Fsp3) is 0.118. The summed E-state index contributed by atoms with van der Waals surface area (Å²) in [6.45, 7) is 0. The molecule has 0 heterocycles. The summed E-state index contributed by atoms with van der Waals surface area (Å²) < 4.78 is 51.6. The number of carbonyl (C=O) groups is 1. The van der Waals surface area contributed by atoms with Crippen molar-refractivity contribution in [2.24, 2.45) is 0 Å². The largest absolute Gasteiger partial charge is 0.418 e. The lowest BCUT2D eigenvalue weighted by atomic mass is 10.1. The second-order valence-corrected chi connectivity index (χ2v) is 5.66. The Kier molecular flexibility index (Phi) is 5.66. The Labute approximate surface area is 140 Å². The number of hydrogen-bond acceptors (Lipinski definition) is 2. The highest BCUT2D eigenvalue weighted by Crippen LogP contribution is 2.35. The summed E-state index contributed by atoms with van der Waals surface area (Å²) in [6, 6.07) is 9.39. The van der Waals surface area contributed by atoms with E-state index in [1.54, 1.807) is 23.9 Å². The van der Waals surface area contributed by atoms with Crippen LogP contribution in [0.5, 0.6) is 0 Å². The molecule has 0 fully saturated rings. The van der Waals surface area contributed by atoms with Crippen molar-refractivity contribution in [3.05, 3.63) is 65.5 Å². The van der Waals surface area contributed by atoms with E-state index in [2.05, 4.69) is 5.32 Å². The van der Waals surface area contributed by atoms with Gasteiger partial charge >= 0.3 is 6.18 Å². The van der Waals surface area contributed by atoms with Crippen LogP contribution in [0.15, 0.2) is 53.4 Å². The van der Waals surface area contributed by atoms with Gasteiger partial charge in [-0.05, 0) is 48.2 Å². The molecule has 1 N–H and O–H groups in total. The monoisotopic (exact) mass is 355 g/mol. The van der Waals surface area contributed by atoms with E-state index in [1.165, 1.54) is 6.08 Å². The predicted molar refractivity (Wildman–Crippen MR) is 87.3 cm³/mol. The van der Waals surface area contributed by atoms with Crippen molar-refractivity contribution in [2.45, 2.75) is 11.1 Å². The van der Waals surface area contributed by atoms with Crippen LogP contribution in [-0.2, 0) is 11.0 Å². The Bertz CT molecular complexity index is 754. The second-order valence-electron chi connectivity index (χ2n) is 4.78. The molecule has 1 amide bonds. The first kappa shape index (κ1) is 18.1. The summed E-state index contributed by atoms with van der Waals surface area (Å²) in [5.41, 5.74) is -0.983. The maximum Gasteiger partial charge on any atom is 0.418 e. The lowest BCUT2D eigenvalue weighted by Gasteiger charge is -2.12. The first-order valence-electron chi connectivity index (χ1n) is 6.79. The van der Waals surface area contributed by atoms with E-state index >= 15 is 0 Å². The van der Waals surface area contributed by atoms with E-state index < -0.39 is 29.2 Å². The molecule has 0 saturated carbocycles. The zero-order valence-electron chi connectivity index (χ0n) is 12.5. The number of hydrogen-bond donors (Lipinski definition) is 1. The molecule has 0 radical (unpaired) electrons. The van der Waals surface area contributed by atoms with E-state index in [0.29, 0.717) is 6.07 Å². The van der Waals surface area contributed by atoms with Crippen molar-refractivity contribution in [2.75, 3.05) is 11.6 Å². The van der Waals surface area contributed by atoms with E-state index in [9.17, 15) is 22.4 Å². The number of anilines is 1. The molecule has 2 nitrogen and oxygen atoms in total. The van der Waals surface area contributed by atoms with E-state index in [-0.39, 0.29) is 0 Å². The molecule has 2 aromatic carbocycles. The van der Waals surface area contributed by atoms with E-state index in [4.69, 9.17) is 0 Å². The molecule has 0 atom stereocenters. The minimum atomic E-state index is -4.76. The molecule has 0 bridgehead atoms. The van der Waals surface area contributed by atoms with Gasteiger partial charge in [0.25, 0.3) is 0 Å². The summed E-state index contributed by atoms with van der Waals surface area (Å²) in [7, 11) is 0. The quantitative estimate of drug-likeness (QED) is 0.463. The molecular formula is C17H13F4NOS. The maximum absolute atomic E-state index is 13.0. The van der Waals surface area contributed by atoms with Crippen molar-refractivity contribution in [1.82, 2.24) is 0 Å². The van der Waals surface area contributed by atoms with Crippen molar-refractivity contribution in [3.63, 3.8) is 0 Å². The highest BCUT2D eigenvalue weighted by molar-refractivity contribution is 7.98. The van der Waals surface area contributed by atoms with Crippen molar-refractivity contribution in [1.29, 1.82) is 0 Å². The highest BCUT2D eigenvalue weighted by atomic mass is 32.2. The normalized spacial score (nSPS) is 11.7. The number of rotatable bonds is 4. The number of carbonyl (C=O) groups excluding carboxylic acids is 1. The van der Waals surface area contributed by atoms with Crippen LogP contribution in [0, 0.1) is 5.82 Å². The van der Waals surface area contributed by atoms with Crippen LogP contribution in [0.25, 0.3) is 6.08 Å². The molecule has 0 aromatic heterocycles. The van der Waals surface area contributed by atoms with Gasteiger partial charge in [-0.2, -0.15) is 13.2 Å². The molecule has 0 aliphatic heterocycles. The third-order valence-electron chi connectivity index (χ3n) is 3.09. The van der Waals surface area contributed by atoms with Crippen LogP contribution in [0.3, 0.4) is 0 Å². The van der Waals surface area contributed by atoms with Gasteiger partial charge in [-0.1, -0.05) is 12.1 Å². The number of amides is 1. The van der Waals surface area contributed by atoms with Gasteiger partial charge in [0.15, 0.2) is 0 Å². The Morgan fingerprint density at radius 1 is 1.12 bits per heavy atom. The molecule has 0 aliphatic carbocycles. The third-order valence-corrected chi connectivity index (χ3v) is 3.83. The molecule has 126 valence electrons. The Hall–Kier alpha value is -2.28. The standard InChI is InChI=1S/C17H13F4NOS/c1-24-13-6-2-11(3-7-13)4-9-16(23)22-15-8-5-12(18)10-14(15)17(19,20)21/h2-10H,1H3,(H,22,23)/b9-4+. The first-order chi connectivity index (χ1) is 11.3. The third kappa shape index (κ3) is 4.86. The molecule has 2 aromatic rings. The minimum Gasteiger partial charge on any atom is -0.322 e. The molecule has 0 aliphatic rings. The fourth-order valence-corrected chi connectivity index (χ4v) is 2.33. The van der Waals surface area contributed by atoms with E-state index in [0.717, 1.165) is 28.7 Å². The summed E-state index contributed by atoms with van der Waals surface area (Å²) >= 11 is 1.57. The van der Waals surface area contributed by atoms with Gasteiger partial charge in [0.2, 0.25) is 5.91 Å². The SMILES string of the molecule is CSc1ccc(/C=C/C(=O)Nc2ccc(F)cc2C(F)(F)F)cc1. The number of alkyl halides is 3. The first-order valence-corrected chi connectivity index (χ1v) is 8.02. The maximum atomic E-state index is 13.0. The van der Waals surface area contributed by atoms with Gasteiger partial charge in [0, 0.05) is 11.0 Å². The summed E-state index contributed by atoms with van der Waals surface area (Å²) in [4.78, 5) is 12.9. The molecule has 7 heteroatoms. The highest BCUT2D eigenvalue weighted by Gasteiger charge is 2.34. The van der Waals surface area contributed by atoms with Gasteiger partial charge in [0.1, 0.15) is 5.82 Å². The van der Waals surface area contributed by atoms with Crippen LogP contribution >= 0.6 is 11.8 Å². The van der Waals surface area contributed by atoms with Gasteiger partial charge < -0.3 is 5.32 Å². The lowest BCUT2D eigenvalue weighted by molar-refractivity contribution is -0.137. The molecule has 2 rings (SSSR count). The number of benzene rings is 2. The van der Waals surface area contributed by atoms with E-state index in [1.807, 2.05) is 18.4 Å². The number of nitrogens with one attached hydrogen (secondary N) is 1. The zero-order chi connectivity index (χ0) is 17.7. The average molecular weight is 355 g/mol. The summed E-state index contributed by atoms with van der Waals surface area (Å²) in [5, 5.41) is 2.12. The molecule has 0 saturated heterocycles. The Balaban J connectivity index is 2.13. The number of thioether (sulfide) groups is 1. The Morgan fingerprint density at radius 2 is 1.79 bits per heavy atom. The summed E-state index contributed by atoms with van der Waals surface area (Å²) in [5.74, 6) is -1.76. The van der Waals surface area contributed by atoms with Gasteiger partial charge in [-0.25, -0.2) is 4.39 Å². The van der Waals surface area contributed by atoms with Gasteiger partial charge in [-0.3, -0.25) is 4.79 Å². The van der Waals surface area contributed by atoms with Crippen molar-refractivity contribution in [3.8, 4) is 0 Å². The minimum absolute atomic E-state index is 0.348. The van der Waals surface area contributed by atoms with Crippen LogP contribution in [0.1, 0.15) is 11.1 Å². The molecule has 24 heavy (non-hydrogen) atoms. The van der Waals surface area contributed by atoms with Crippen LogP contribution in [0.2, 0.25) is 0 Å². The molecule has 0 spiro atoms. The Morgan fingerprint density at radius 3 is 2.38 bits per heavy atom. The fourth-order valence-electron chi connectivity index (χ4n) is 1.92. The van der Waals surface area contributed by atoms with Crippen LogP contribution in [-0.4, -0.2) is 12.2 Å². The smallest absolute Gasteiger partial charge is 0.322 e.